The lowest BCUT2D eigenvalue weighted by atomic mass is 10.1. The monoisotopic (exact) mass is 205 g/mol. The van der Waals surface area contributed by atoms with Crippen LogP contribution in [0.4, 0.5) is 6.01 Å². The van der Waals surface area contributed by atoms with Gasteiger partial charge in [-0.1, -0.05) is 23.3 Å². The van der Waals surface area contributed by atoms with Crippen molar-refractivity contribution >= 4 is 6.01 Å². The van der Waals surface area contributed by atoms with Gasteiger partial charge in [-0.15, -0.1) is 5.10 Å². The summed E-state index contributed by atoms with van der Waals surface area (Å²) in [6, 6.07) is 7.73. The van der Waals surface area contributed by atoms with E-state index in [0.717, 1.165) is 11.1 Å². The largest absolute Gasteiger partial charge is 0.404 e. The van der Waals surface area contributed by atoms with Crippen LogP contribution < -0.4 is 5.73 Å². The number of nitrogen functional groups attached to an aromatic ring is 1. The Kier molecular flexibility index (Phi) is 2.64. The molecule has 0 spiro atoms. The number of nitrogens with zero attached hydrogens (tertiary/aromatic N) is 2. The molecular formula is C10H11N3O2. The van der Waals surface area contributed by atoms with Gasteiger partial charge in [-0.05, 0) is 11.6 Å². The highest BCUT2D eigenvalue weighted by molar-refractivity contribution is 5.58. The number of rotatable bonds is 3. The maximum Gasteiger partial charge on any atom is 0.313 e. The van der Waals surface area contributed by atoms with Gasteiger partial charge in [-0.3, -0.25) is 0 Å². The summed E-state index contributed by atoms with van der Waals surface area (Å²) in [6.07, 6.45) is 0. The Labute approximate surface area is 86.9 Å². The Morgan fingerprint density at radius 3 is 2.80 bits per heavy atom. The third kappa shape index (κ3) is 1.97. The fourth-order valence-corrected chi connectivity index (χ4v) is 1.35. The number of benzene rings is 1. The van der Waals surface area contributed by atoms with E-state index in [9.17, 15) is 0 Å². The predicted molar refractivity (Wildman–Crippen MR) is 54.9 cm³/mol. The fraction of sp³-hybridized carbons (Fsp3) is 0.200. The molecule has 1 aromatic heterocycles. The van der Waals surface area contributed by atoms with E-state index < -0.39 is 0 Å². The molecule has 0 amide bonds. The molecule has 0 bridgehead atoms. The molecule has 2 aromatic rings. The zero-order chi connectivity index (χ0) is 10.7. The van der Waals surface area contributed by atoms with Crippen molar-refractivity contribution in [2.75, 3.05) is 12.8 Å². The van der Waals surface area contributed by atoms with Gasteiger partial charge < -0.3 is 14.9 Å². The van der Waals surface area contributed by atoms with Crippen LogP contribution in [0.2, 0.25) is 0 Å². The van der Waals surface area contributed by atoms with Gasteiger partial charge >= 0.3 is 6.01 Å². The number of methoxy groups -OCH3 is 1. The maximum absolute atomic E-state index is 5.37. The topological polar surface area (TPSA) is 74.2 Å². The average molecular weight is 205 g/mol. The minimum atomic E-state index is 0.0669. The first-order valence-corrected chi connectivity index (χ1v) is 4.47. The summed E-state index contributed by atoms with van der Waals surface area (Å²) in [7, 11) is 1.64. The summed E-state index contributed by atoms with van der Waals surface area (Å²) in [5.74, 6) is 0.417. The molecule has 78 valence electrons. The Morgan fingerprint density at radius 1 is 1.33 bits per heavy atom. The Bertz CT molecular complexity index is 453. The Hall–Kier alpha value is -1.88. The summed E-state index contributed by atoms with van der Waals surface area (Å²) in [4.78, 5) is 0. The molecule has 0 atom stereocenters. The van der Waals surface area contributed by atoms with Crippen LogP contribution in [0.3, 0.4) is 0 Å². The quantitative estimate of drug-likeness (QED) is 0.821. The van der Waals surface area contributed by atoms with E-state index in [0.29, 0.717) is 12.5 Å². The van der Waals surface area contributed by atoms with Gasteiger partial charge in [0.1, 0.15) is 0 Å². The van der Waals surface area contributed by atoms with Crippen LogP contribution in [0.5, 0.6) is 0 Å². The van der Waals surface area contributed by atoms with Crippen LogP contribution in [0, 0.1) is 0 Å². The number of anilines is 1. The van der Waals surface area contributed by atoms with E-state index in [1.807, 2.05) is 24.3 Å². The van der Waals surface area contributed by atoms with Crippen LogP contribution >= 0.6 is 0 Å². The molecule has 0 saturated carbocycles. The summed E-state index contributed by atoms with van der Waals surface area (Å²) < 4.78 is 10.2. The van der Waals surface area contributed by atoms with Crippen molar-refractivity contribution < 1.29 is 9.15 Å². The standard InChI is InChI=1S/C10H11N3O2/c1-14-6-7-4-2-3-5-8(7)9-12-13-10(11)15-9/h2-5H,6H2,1H3,(H2,11,13). The summed E-state index contributed by atoms with van der Waals surface area (Å²) >= 11 is 0. The predicted octanol–water partition coefficient (Wildman–Crippen LogP) is 1.47. The number of hydrogen-bond donors (Lipinski definition) is 1. The molecular weight excluding hydrogens is 194 g/mol. The highest BCUT2D eigenvalue weighted by Gasteiger charge is 2.10. The van der Waals surface area contributed by atoms with Crippen molar-refractivity contribution in [2.24, 2.45) is 0 Å². The summed E-state index contributed by atoms with van der Waals surface area (Å²) in [6.45, 7) is 0.498. The highest BCUT2D eigenvalue weighted by atomic mass is 16.5. The van der Waals surface area contributed by atoms with Gasteiger partial charge in [0.2, 0.25) is 5.89 Å². The molecule has 1 heterocycles. The molecule has 0 unspecified atom stereocenters. The number of nitrogens with two attached hydrogens (primary N) is 1. The maximum atomic E-state index is 5.37. The average Bonchev–Trinajstić information content (AvgIpc) is 2.66. The molecule has 0 aliphatic carbocycles. The van der Waals surface area contributed by atoms with Gasteiger partial charge in [-0.2, -0.15) is 0 Å². The second-order valence-corrected chi connectivity index (χ2v) is 3.04. The molecule has 2 rings (SSSR count). The molecule has 15 heavy (non-hydrogen) atoms. The van der Waals surface area contributed by atoms with Crippen molar-refractivity contribution in [2.45, 2.75) is 6.61 Å². The van der Waals surface area contributed by atoms with E-state index in [4.69, 9.17) is 14.9 Å². The smallest absolute Gasteiger partial charge is 0.313 e. The Morgan fingerprint density at radius 2 is 2.13 bits per heavy atom. The lowest BCUT2D eigenvalue weighted by Gasteiger charge is -2.03. The van der Waals surface area contributed by atoms with Crippen molar-refractivity contribution in [3.63, 3.8) is 0 Å². The van der Waals surface area contributed by atoms with Crippen LogP contribution in [0.15, 0.2) is 28.7 Å². The zero-order valence-electron chi connectivity index (χ0n) is 8.30. The first-order chi connectivity index (χ1) is 7.31. The first-order valence-electron chi connectivity index (χ1n) is 4.47. The molecule has 0 radical (unpaired) electrons. The lowest BCUT2D eigenvalue weighted by molar-refractivity contribution is 0.185. The van der Waals surface area contributed by atoms with Crippen molar-refractivity contribution in [1.29, 1.82) is 0 Å². The van der Waals surface area contributed by atoms with Gasteiger partial charge in [-0.25, -0.2) is 0 Å². The van der Waals surface area contributed by atoms with Gasteiger partial charge in [0.05, 0.1) is 6.61 Å². The number of hydrogen-bond acceptors (Lipinski definition) is 5. The molecule has 0 aliphatic heterocycles. The molecule has 2 N–H and O–H groups in total. The van der Waals surface area contributed by atoms with Gasteiger partial charge in [0.15, 0.2) is 0 Å². The van der Waals surface area contributed by atoms with E-state index in [1.165, 1.54) is 0 Å². The van der Waals surface area contributed by atoms with E-state index >= 15 is 0 Å². The van der Waals surface area contributed by atoms with E-state index in [1.54, 1.807) is 7.11 Å². The van der Waals surface area contributed by atoms with Crippen molar-refractivity contribution in [1.82, 2.24) is 10.2 Å². The molecule has 0 fully saturated rings. The second kappa shape index (κ2) is 4.10. The molecule has 0 saturated heterocycles. The van der Waals surface area contributed by atoms with Crippen LogP contribution in [-0.2, 0) is 11.3 Å². The van der Waals surface area contributed by atoms with Crippen LogP contribution in [-0.4, -0.2) is 17.3 Å². The highest BCUT2D eigenvalue weighted by Crippen LogP contribution is 2.23. The third-order valence-corrected chi connectivity index (χ3v) is 1.99. The van der Waals surface area contributed by atoms with Crippen molar-refractivity contribution in [3.05, 3.63) is 29.8 Å². The van der Waals surface area contributed by atoms with Crippen LogP contribution in [0.1, 0.15) is 5.56 Å². The molecule has 0 aliphatic rings. The first kappa shape index (κ1) is 9.67. The minimum absolute atomic E-state index is 0.0669. The summed E-state index contributed by atoms with van der Waals surface area (Å²) in [5.41, 5.74) is 7.21. The summed E-state index contributed by atoms with van der Waals surface area (Å²) in [5, 5.41) is 7.45. The zero-order valence-corrected chi connectivity index (χ0v) is 8.30. The third-order valence-electron chi connectivity index (χ3n) is 1.99. The van der Waals surface area contributed by atoms with E-state index in [-0.39, 0.29) is 6.01 Å². The fourth-order valence-electron chi connectivity index (χ4n) is 1.35. The molecule has 1 aromatic carbocycles. The van der Waals surface area contributed by atoms with Gasteiger partial charge in [0.25, 0.3) is 0 Å². The Balaban J connectivity index is 2.42. The molecule has 5 heteroatoms. The number of aromatic nitrogens is 2. The van der Waals surface area contributed by atoms with Crippen LogP contribution in [0.25, 0.3) is 11.5 Å². The SMILES string of the molecule is COCc1ccccc1-c1nnc(N)o1. The minimum Gasteiger partial charge on any atom is -0.404 e. The normalized spacial score (nSPS) is 10.5. The van der Waals surface area contributed by atoms with E-state index in [2.05, 4.69) is 10.2 Å². The number of ether oxygens (including phenoxy) is 1. The van der Waals surface area contributed by atoms with Gasteiger partial charge in [0, 0.05) is 12.7 Å². The second-order valence-electron chi connectivity index (χ2n) is 3.04. The van der Waals surface area contributed by atoms with Crippen molar-refractivity contribution in [3.8, 4) is 11.5 Å². The lowest BCUT2D eigenvalue weighted by Crippen LogP contribution is -1.91. The molecule has 5 nitrogen and oxygen atoms in total.